The summed E-state index contributed by atoms with van der Waals surface area (Å²) in [6.07, 6.45) is -0.00944. The Hall–Kier alpha value is -1.84. The van der Waals surface area contributed by atoms with Gasteiger partial charge in [0.05, 0.1) is 163 Å². The summed E-state index contributed by atoms with van der Waals surface area (Å²) in [6, 6.07) is 7.96. The van der Waals surface area contributed by atoms with Gasteiger partial charge in [-0.25, -0.2) is 0 Å². The Kier molecular flexibility index (Phi) is 31.0. The van der Waals surface area contributed by atoms with E-state index in [1.165, 1.54) is 12.1 Å². The minimum Gasteiger partial charge on any atom is -0.481 e. The van der Waals surface area contributed by atoms with Crippen LogP contribution >= 0.6 is 0 Å². The van der Waals surface area contributed by atoms with E-state index in [4.69, 9.17) is 61.4 Å². The second-order valence-electron chi connectivity index (χ2n) is 9.47. The van der Waals surface area contributed by atoms with E-state index in [9.17, 15) is 13.2 Å². The molecule has 1 N–H and O–H groups in total. The zero-order valence-electron chi connectivity index (χ0n) is 27.8. The predicted octanol–water partition coefficient (Wildman–Crippen LogP) is 1.05. The van der Waals surface area contributed by atoms with Crippen molar-refractivity contribution < 1.29 is 74.6 Å². The smallest absolute Gasteiger partial charge is 0.305 e. The number of carbonyl (C=O) groups is 1. The van der Waals surface area contributed by atoms with Gasteiger partial charge in [0.2, 0.25) is 0 Å². The predicted molar refractivity (Wildman–Crippen MR) is 171 cm³/mol. The number of hydrogen-bond acceptors (Lipinski definition) is 15. The lowest BCUT2D eigenvalue weighted by Gasteiger charge is -2.09. The molecule has 1 aromatic carbocycles. The average molecular weight is 715 g/mol. The molecule has 48 heavy (non-hydrogen) atoms. The molecule has 0 unspecified atom stereocenters. The van der Waals surface area contributed by atoms with E-state index in [0.29, 0.717) is 132 Å². The number of ether oxygens (including phenoxy) is 11. The molecule has 0 fully saturated rings. The van der Waals surface area contributed by atoms with E-state index in [-0.39, 0.29) is 31.1 Å². The maximum Gasteiger partial charge on any atom is 0.305 e. The Bertz CT molecular complexity index is 938. The molecule has 280 valence electrons. The first-order chi connectivity index (χ1) is 23.5. The van der Waals surface area contributed by atoms with Crippen LogP contribution in [0.3, 0.4) is 0 Å². The van der Waals surface area contributed by atoms with Gasteiger partial charge in [-0.1, -0.05) is 18.2 Å². The van der Waals surface area contributed by atoms with Gasteiger partial charge in [-0.15, -0.1) is 0 Å². The molecule has 0 aliphatic carbocycles. The second-order valence-corrected chi connectivity index (χ2v) is 11.1. The molecular formula is C31H54O16S. The molecule has 16 nitrogen and oxygen atoms in total. The number of carboxylic acid groups (broad SMARTS) is 1. The molecule has 0 radical (unpaired) electrons. The number of carboxylic acids is 1. The number of rotatable bonds is 38. The van der Waals surface area contributed by atoms with Crippen LogP contribution in [0.25, 0.3) is 0 Å². The van der Waals surface area contributed by atoms with Gasteiger partial charge in [0.25, 0.3) is 10.1 Å². The van der Waals surface area contributed by atoms with E-state index in [0.717, 1.165) is 0 Å². The maximum absolute atomic E-state index is 12.0. The molecule has 0 amide bonds. The fraction of sp³-hybridized carbons (Fsp3) is 0.774. The first kappa shape index (κ1) is 44.2. The molecule has 17 heteroatoms. The number of hydrogen-bond donors (Lipinski definition) is 1. The minimum atomic E-state index is -3.76. The molecule has 0 aliphatic rings. The molecule has 0 saturated heterocycles. The van der Waals surface area contributed by atoms with Crippen molar-refractivity contribution in [2.75, 3.05) is 152 Å². The van der Waals surface area contributed by atoms with Gasteiger partial charge in [-0.3, -0.25) is 8.98 Å². The highest BCUT2D eigenvalue weighted by Gasteiger charge is 2.13. The lowest BCUT2D eigenvalue weighted by atomic mass is 10.4. The van der Waals surface area contributed by atoms with Crippen LogP contribution in [0.2, 0.25) is 0 Å². The lowest BCUT2D eigenvalue weighted by molar-refractivity contribution is -0.138. The summed E-state index contributed by atoms with van der Waals surface area (Å²) >= 11 is 0. The average Bonchev–Trinajstić information content (AvgIpc) is 3.08. The van der Waals surface area contributed by atoms with Crippen LogP contribution in [0.1, 0.15) is 6.42 Å². The van der Waals surface area contributed by atoms with Crippen molar-refractivity contribution in [3.63, 3.8) is 0 Å². The Labute approximate surface area is 284 Å². The van der Waals surface area contributed by atoms with Crippen LogP contribution in [0.5, 0.6) is 0 Å². The van der Waals surface area contributed by atoms with Gasteiger partial charge in [0.1, 0.15) is 0 Å². The van der Waals surface area contributed by atoms with Crippen molar-refractivity contribution in [3.05, 3.63) is 30.3 Å². The van der Waals surface area contributed by atoms with Crippen molar-refractivity contribution in [2.45, 2.75) is 11.3 Å². The number of aliphatic carboxylic acids is 1. The second kappa shape index (κ2) is 33.6. The van der Waals surface area contributed by atoms with Crippen LogP contribution in [-0.4, -0.2) is 171 Å². The minimum absolute atomic E-state index is 0.00944. The Morgan fingerprint density at radius 2 is 0.667 bits per heavy atom. The van der Waals surface area contributed by atoms with E-state index in [1.54, 1.807) is 18.2 Å². The third-order valence-electron chi connectivity index (χ3n) is 5.68. The Morgan fingerprint density at radius 1 is 0.417 bits per heavy atom. The largest absolute Gasteiger partial charge is 0.481 e. The third kappa shape index (κ3) is 30.2. The van der Waals surface area contributed by atoms with Crippen molar-refractivity contribution >= 4 is 16.1 Å². The number of benzene rings is 1. The highest BCUT2D eigenvalue weighted by atomic mass is 32.2. The summed E-state index contributed by atoms with van der Waals surface area (Å²) in [5.41, 5.74) is 0. The van der Waals surface area contributed by atoms with Crippen LogP contribution < -0.4 is 0 Å². The SMILES string of the molecule is O=C(O)CCOCCOCCOCCOCCOCCOCCOCCOCCOCCOCCOCCOS(=O)(=O)c1ccccc1. The highest BCUT2D eigenvalue weighted by molar-refractivity contribution is 7.86. The Morgan fingerprint density at radius 3 is 0.938 bits per heavy atom. The fourth-order valence-electron chi connectivity index (χ4n) is 3.32. The summed E-state index contributed by atoms with van der Waals surface area (Å²) in [6.45, 7) is 9.00. The van der Waals surface area contributed by atoms with Crippen molar-refractivity contribution in [3.8, 4) is 0 Å². The summed E-state index contributed by atoms with van der Waals surface area (Å²) in [5, 5.41) is 8.48. The molecule has 0 spiro atoms. The first-order valence-electron chi connectivity index (χ1n) is 16.0. The first-order valence-corrected chi connectivity index (χ1v) is 17.4. The normalized spacial score (nSPS) is 11.8. The summed E-state index contributed by atoms with van der Waals surface area (Å²) in [7, 11) is -3.76. The zero-order chi connectivity index (χ0) is 34.6. The van der Waals surface area contributed by atoms with Gasteiger partial charge < -0.3 is 57.2 Å². The Balaban J connectivity index is 1.66. The van der Waals surface area contributed by atoms with Crippen LogP contribution in [0.4, 0.5) is 0 Å². The molecule has 0 atom stereocenters. The third-order valence-corrected chi connectivity index (χ3v) is 7.00. The summed E-state index contributed by atoms with van der Waals surface area (Å²) < 4.78 is 88.0. The maximum atomic E-state index is 12.0. The lowest BCUT2D eigenvalue weighted by Crippen LogP contribution is -2.16. The molecule has 0 aliphatic heterocycles. The van der Waals surface area contributed by atoms with Gasteiger partial charge >= 0.3 is 5.97 Å². The van der Waals surface area contributed by atoms with E-state index in [2.05, 4.69) is 0 Å². The fourth-order valence-corrected chi connectivity index (χ4v) is 4.23. The van der Waals surface area contributed by atoms with Crippen molar-refractivity contribution in [2.24, 2.45) is 0 Å². The van der Waals surface area contributed by atoms with Crippen molar-refractivity contribution in [1.82, 2.24) is 0 Å². The topological polar surface area (TPSA) is 182 Å². The molecular weight excluding hydrogens is 660 g/mol. The van der Waals surface area contributed by atoms with Crippen LogP contribution in [-0.2, 0) is 71.2 Å². The summed E-state index contributed by atoms with van der Waals surface area (Å²) in [4.78, 5) is 10.4. The van der Waals surface area contributed by atoms with Gasteiger partial charge in [0, 0.05) is 0 Å². The van der Waals surface area contributed by atoms with Gasteiger partial charge in [0.15, 0.2) is 0 Å². The van der Waals surface area contributed by atoms with Crippen molar-refractivity contribution in [1.29, 1.82) is 0 Å². The molecule has 0 aromatic heterocycles. The summed E-state index contributed by atoms with van der Waals surface area (Å²) in [5.74, 6) is -0.881. The van der Waals surface area contributed by atoms with E-state index in [1.807, 2.05) is 0 Å². The monoisotopic (exact) mass is 714 g/mol. The van der Waals surface area contributed by atoms with E-state index >= 15 is 0 Å². The zero-order valence-corrected chi connectivity index (χ0v) is 28.7. The highest BCUT2D eigenvalue weighted by Crippen LogP contribution is 2.10. The molecule has 0 bridgehead atoms. The standard InChI is InChI=1S/C31H54O16S/c32-31(33)6-7-36-8-9-37-10-11-38-12-13-39-14-15-40-16-17-41-18-19-42-20-21-43-22-23-44-24-25-45-26-27-46-28-29-47-48(34,35)30-4-2-1-3-5-30/h1-5H,6-29H2,(H,32,33). The van der Waals surface area contributed by atoms with Crippen LogP contribution in [0, 0.1) is 0 Å². The molecule has 0 heterocycles. The molecule has 1 aromatic rings. The van der Waals surface area contributed by atoms with E-state index < -0.39 is 16.1 Å². The molecule has 1 rings (SSSR count). The van der Waals surface area contributed by atoms with Crippen LogP contribution in [0.15, 0.2) is 35.2 Å². The quantitative estimate of drug-likeness (QED) is 0.0757. The van der Waals surface area contributed by atoms with Gasteiger partial charge in [-0.2, -0.15) is 8.42 Å². The molecule has 0 saturated carbocycles. The van der Waals surface area contributed by atoms with Gasteiger partial charge in [-0.05, 0) is 12.1 Å².